The second kappa shape index (κ2) is 9.12. The zero-order chi connectivity index (χ0) is 24.7. The van der Waals surface area contributed by atoms with Crippen LogP contribution in [0.3, 0.4) is 0 Å². The number of aryl methyl sites for hydroxylation is 1. The number of amides is 1. The van der Waals surface area contributed by atoms with Gasteiger partial charge in [-0.1, -0.05) is 35.9 Å². The topological polar surface area (TPSA) is 69.0 Å². The number of fused-ring (bicyclic) bond motifs is 2. The summed E-state index contributed by atoms with van der Waals surface area (Å²) >= 11 is 6.42. The van der Waals surface area contributed by atoms with Crippen molar-refractivity contribution in [2.75, 3.05) is 18.1 Å². The highest BCUT2D eigenvalue weighted by Crippen LogP contribution is 2.44. The largest absolute Gasteiger partial charge is 0.490 e. The minimum Gasteiger partial charge on any atom is -0.490 e. The minimum absolute atomic E-state index is 0.0299. The highest BCUT2D eigenvalue weighted by atomic mass is 35.5. The van der Waals surface area contributed by atoms with E-state index in [0.717, 1.165) is 5.56 Å². The Balaban J connectivity index is 1.78. The van der Waals surface area contributed by atoms with Crippen LogP contribution in [0.5, 0.6) is 11.5 Å². The highest BCUT2D eigenvalue weighted by Gasteiger charge is 2.44. The third-order valence-electron chi connectivity index (χ3n) is 6.09. The number of carbonyl (C=O) groups excluding carboxylic acids is 1. The van der Waals surface area contributed by atoms with Crippen LogP contribution in [0.2, 0.25) is 5.02 Å². The molecule has 0 saturated carbocycles. The molecular formula is C28H24ClNO5. The molecule has 1 aliphatic rings. The van der Waals surface area contributed by atoms with Gasteiger partial charge in [-0.05, 0) is 68.3 Å². The summed E-state index contributed by atoms with van der Waals surface area (Å²) in [6, 6.07) is 17.1. The number of nitrogens with zero attached hydrogens (tertiary/aromatic N) is 1. The van der Waals surface area contributed by atoms with Crippen molar-refractivity contribution in [1.82, 2.24) is 0 Å². The van der Waals surface area contributed by atoms with Crippen LogP contribution in [-0.4, -0.2) is 19.1 Å². The summed E-state index contributed by atoms with van der Waals surface area (Å²) in [4.78, 5) is 29.0. The normalized spacial score (nSPS) is 14.9. The van der Waals surface area contributed by atoms with Crippen LogP contribution in [0.25, 0.3) is 11.0 Å². The lowest BCUT2D eigenvalue weighted by molar-refractivity contribution is 0.0971. The van der Waals surface area contributed by atoms with E-state index in [1.54, 1.807) is 41.3 Å². The van der Waals surface area contributed by atoms with Crippen LogP contribution in [0.15, 0.2) is 69.9 Å². The first-order valence-electron chi connectivity index (χ1n) is 11.5. The number of hydrogen-bond acceptors (Lipinski definition) is 5. The molecule has 0 N–H and O–H groups in total. The Morgan fingerprint density at radius 1 is 0.943 bits per heavy atom. The molecule has 5 rings (SSSR count). The van der Waals surface area contributed by atoms with E-state index in [1.807, 2.05) is 45.0 Å². The van der Waals surface area contributed by atoms with Crippen LogP contribution in [0, 0.1) is 6.92 Å². The third kappa shape index (κ3) is 3.84. The molecular weight excluding hydrogens is 466 g/mol. The van der Waals surface area contributed by atoms with Gasteiger partial charge in [0.2, 0.25) is 5.76 Å². The average Bonchev–Trinajstić information content (AvgIpc) is 3.15. The maximum atomic E-state index is 13.7. The molecule has 35 heavy (non-hydrogen) atoms. The van der Waals surface area contributed by atoms with E-state index in [0.29, 0.717) is 52.0 Å². The summed E-state index contributed by atoms with van der Waals surface area (Å²) in [5.41, 5.74) is 2.56. The zero-order valence-electron chi connectivity index (χ0n) is 19.6. The summed E-state index contributed by atoms with van der Waals surface area (Å²) in [7, 11) is 0. The lowest BCUT2D eigenvalue weighted by Gasteiger charge is -2.26. The van der Waals surface area contributed by atoms with Gasteiger partial charge in [0.05, 0.1) is 30.2 Å². The predicted octanol–water partition coefficient (Wildman–Crippen LogP) is 6.30. The molecule has 1 unspecified atom stereocenters. The molecule has 1 amide bonds. The van der Waals surface area contributed by atoms with Crippen molar-refractivity contribution in [3.8, 4) is 11.5 Å². The Morgan fingerprint density at radius 2 is 1.69 bits per heavy atom. The Labute approximate surface area is 207 Å². The van der Waals surface area contributed by atoms with Crippen molar-refractivity contribution in [2.45, 2.75) is 26.8 Å². The molecule has 1 aliphatic heterocycles. The summed E-state index contributed by atoms with van der Waals surface area (Å²) < 4.78 is 17.6. The molecule has 0 fully saturated rings. The standard InChI is InChI=1S/C28H24ClNO5/c1-4-33-22-13-11-17(14-23(22)34-5-2)25-24-26(31)19-8-6-7-9-21(19)35-27(24)28(32)30(25)18-12-10-16(3)20(29)15-18/h6-15,25H,4-5H2,1-3H3. The molecule has 0 bridgehead atoms. The first-order valence-corrected chi connectivity index (χ1v) is 11.9. The maximum Gasteiger partial charge on any atom is 0.295 e. The smallest absolute Gasteiger partial charge is 0.295 e. The SMILES string of the molecule is CCOc1ccc(C2c3c(oc4ccccc4c3=O)C(=O)N2c2ccc(C)c(Cl)c2)cc1OCC. The molecule has 2 heterocycles. The average molecular weight is 490 g/mol. The number of para-hydroxylation sites is 1. The van der Waals surface area contributed by atoms with E-state index in [4.69, 9.17) is 25.5 Å². The van der Waals surface area contributed by atoms with Gasteiger partial charge in [-0.3, -0.25) is 14.5 Å². The maximum absolute atomic E-state index is 13.7. The van der Waals surface area contributed by atoms with Crippen molar-refractivity contribution in [2.24, 2.45) is 0 Å². The number of hydrogen-bond donors (Lipinski definition) is 0. The van der Waals surface area contributed by atoms with Gasteiger partial charge >= 0.3 is 0 Å². The molecule has 7 heteroatoms. The number of halogens is 1. The van der Waals surface area contributed by atoms with Gasteiger partial charge in [0.15, 0.2) is 16.9 Å². The number of ether oxygens (including phenoxy) is 2. The monoisotopic (exact) mass is 489 g/mol. The zero-order valence-corrected chi connectivity index (χ0v) is 20.4. The first-order chi connectivity index (χ1) is 16.9. The molecule has 3 aromatic carbocycles. The Kier molecular flexibility index (Phi) is 5.99. The number of benzene rings is 3. The molecule has 6 nitrogen and oxygen atoms in total. The fraction of sp³-hybridized carbons (Fsp3) is 0.214. The Morgan fingerprint density at radius 3 is 2.43 bits per heavy atom. The van der Waals surface area contributed by atoms with Gasteiger partial charge in [-0.15, -0.1) is 0 Å². The van der Waals surface area contributed by atoms with Crippen LogP contribution < -0.4 is 19.8 Å². The second-order valence-corrected chi connectivity index (χ2v) is 8.66. The van der Waals surface area contributed by atoms with Crippen molar-refractivity contribution in [3.63, 3.8) is 0 Å². The number of anilines is 1. The molecule has 178 valence electrons. The highest BCUT2D eigenvalue weighted by molar-refractivity contribution is 6.31. The van der Waals surface area contributed by atoms with Gasteiger partial charge in [0.25, 0.3) is 5.91 Å². The van der Waals surface area contributed by atoms with E-state index in [9.17, 15) is 9.59 Å². The van der Waals surface area contributed by atoms with Crippen LogP contribution in [-0.2, 0) is 0 Å². The molecule has 0 aliphatic carbocycles. The lowest BCUT2D eigenvalue weighted by Crippen LogP contribution is -2.29. The molecule has 0 saturated heterocycles. The van der Waals surface area contributed by atoms with Crippen molar-refractivity contribution in [3.05, 3.63) is 98.4 Å². The number of carbonyl (C=O) groups is 1. The van der Waals surface area contributed by atoms with Crippen molar-refractivity contribution >= 4 is 34.2 Å². The summed E-state index contributed by atoms with van der Waals surface area (Å²) in [5.74, 6) is 0.764. The van der Waals surface area contributed by atoms with Gasteiger partial charge in [0.1, 0.15) is 5.58 Å². The second-order valence-electron chi connectivity index (χ2n) is 8.25. The fourth-order valence-corrected chi connectivity index (χ4v) is 4.65. The van der Waals surface area contributed by atoms with Crippen LogP contribution in [0.4, 0.5) is 5.69 Å². The van der Waals surface area contributed by atoms with Gasteiger partial charge < -0.3 is 13.9 Å². The molecule has 0 radical (unpaired) electrons. The molecule has 1 atom stereocenters. The van der Waals surface area contributed by atoms with Crippen LogP contribution in [0.1, 0.15) is 47.1 Å². The van der Waals surface area contributed by atoms with Crippen LogP contribution >= 0.6 is 11.6 Å². The third-order valence-corrected chi connectivity index (χ3v) is 6.50. The van der Waals surface area contributed by atoms with Crippen molar-refractivity contribution in [1.29, 1.82) is 0 Å². The summed E-state index contributed by atoms with van der Waals surface area (Å²) in [6.45, 7) is 6.59. The van der Waals surface area contributed by atoms with E-state index in [1.165, 1.54) is 0 Å². The predicted molar refractivity (Wildman–Crippen MR) is 136 cm³/mol. The van der Waals surface area contributed by atoms with E-state index >= 15 is 0 Å². The molecule has 4 aromatic rings. The summed E-state index contributed by atoms with van der Waals surface area (Å²) in [6.07, 6.45) is 0. The first kappa shape index (κ1) is 23.0. The fourth-order valence-electron chi connectivity index (χ4n) is 4.47. The van der Waals surface area contributed by atoms with Crippen molar-refractivity contribution < 1.29 is 18.7 Å². The molecule has 1 aromatic heterocycles. The Hall–Kier alpha value is -3.77. The van der Waals surface area contributed by atoms with E-state index < -0.39 is 11.9 Å². The number of rotatable bonds is 6. The van der Waals surface area contributed by atoms with E-state index in [2.05, 4.69) is 0 Å². The summed E-state index contributed by atoms with van der Waals surface area (Å²) in [5, 5.41) is 0.944. The van der Waals surface area contributed by atoms with Gasteiger partial charge in [-0.25, -0.2) is 0 Å². The van der Waals surface area contributed by atoms with Gasteiger partial charge in [-0.2, -0.15) is 0 Å². The lowest BCUT2D eigenvalue weighted by atomic mass is 9.97. The van der Waals surface area contributed by atoms with E-state index in [-0.39, 0.29) is 16.8 Å². The quantitative estimate of drug-likeness (QED) is 0.318. The molecule has 0 spiro atoms. The Bertz CT molecular complexity index is 1510. The minimum atomic E-state index is -0.730. The van der Waals surface area contributed by atoms with Gasteiger partial charge in [0, 0.05) is 10.7 Å².